The minimum Gasteiger partial charge on any atom is -0.497 e. The summed E-state index contributed by atoms with van der Waals surface area (Å²) in [5.74, 6) is 0.773. The highest BCUT2D eigenvalue weighted by molar-refractivity contribution is 5.80. The lowest BCUT2D eigenvalue weighted by Crippen LogP contribution is -2.10. The first-order valence-corrected chi connectivity index (χ1v) is 8.07. The van der Waals surface area contributed by atoms with E-state index in [9.17, 15) is 18.0 Å². The molecular formula is C19H15F3N4O2. The number of hydrogen-bond acceptors (Lipinski definition) is 5. The fourth-order valence-corrected chi connectivity index (χ4v) is 2.35. The second-order valence-corrected chi connectivity index (χ2v) is 5.70. The summed E-state index contributed by atoms with van der Waals surface area (Å²) in [4.78, 5) is 18.6. The molecular weight excluding hydrogens is 373 g/mol. The maximum atomic E-state index is 12.6. The van der Waals surface area contributed by atoms with Crippen LogP contribution < -0.4 is 15.7 Å². The van der Waals surface area contributed by atoms with E-state index in [1.807, 2.05) is 0 Å². The van der Waals surface area contributed by atoms with E-state index in [0.29, 0.717) is 22.6 Å². The van der Waals surface area contributed by atoms with Gasteiger partial charge in [0.1, 0.15) is 5.75 Å². The number of nitrogens with one attached hydrogen (secondary N) is 2. The predicted octanol–water partition coefficient (Wildman–Crippen LogP) is 3.91. The first kappa shape index (κ1) is 19.2. The first-order valence-electron chi connectivity index (χ1n) is 8.07. The predicted molar refractivity (Wildman–Crippen MR) is 99.5 cm³/mol. The average Bonchev–Trinajstić information content (AvgIpc) is 2.67. The first-order chi connectivity index (χ1) is 13.3. The third-order valence-corrected chi connectivity index (χ3v) is 3.75. The van der Waals surface area contributed by atoms with E-state index in [2.05, 4.69) is 20.5 Å². The Hall–Kier alpha value is -3.62. The molecule has 3 aromatic rings. The molecule has 9 heteroatoms. The molecule has 3 rings (SSSR count). The Morgan fingerprint density at radius 2 is 1.79 bits per heavy atom. The van der Waals surface area contributed by atoms with Crippen LogP contribution in [0.3, 0.4) is 0 Å². The number of methoxy groups -OCH3 is 1. The SMILES string of the molecule is COc1ccc(-c2cc(=O)[nH]c(N/N=C\c3ccc(C(F)(F)F)cc3)n2)cc1. The van der Waals surface area contributed by atoms with Crippen LogP contribution >= 0.6 is 0 Å². The van der Waals surface area contributed by atoms with Gasteiger partial charge in [-0.1, -0.05) is 12.1 Å². The van der Waals surface area contributed by atoms with Gasteiger partial charge in [0, 0.05) is 11.6 Å². The van der Waals surface area contributed by atoms with Crippen molar-refractivity contribution in [1.29, 1.82) is 0 Å². The Morgan fingerprint density at radius 3 is 2.39 bits per heavy atom. The number of nitrogens with zero attached hydrogens (tertiary/aromatic N) is 2. The molecule has 1 heterocycles. The standard InChI is InChI=1S/C19H15F3N4O2/c1-28-15-8-4-13(5-9-15)16-10-17(27)25-18(24-16)26-23-11-12-2-6-14(7-3-12)19(20,21)22/h2-11H,1H3,(H2,24,25,26,27)/b23-11-. The highest BCUT2D eigenvalue weighted by Gasteiger charge is 2.29. The number of anilines is 1. The zero-order valence-electron chi connectivity index (χ0n) is 14.6. The Morgan fingerprint density at radius 1 is 1.11 bits per heavy atom. The molecule has 0 aliphatic rings. The summed E-state index contributed by atoms with van der Waals surface area (Å²) in [7, 11) is 1.55. The Balaban J connectivity index is 1.74. The van der Waals surface area contributed by atoms with Crippen LogP contribution in [-0.2, 0) is 6.18 Å². The van der Waals surface area contributed by atoms with Crippen LogP contribution in [0.25, 0.3) is 11.3 Å². The van der Waals surface area contributed by atoms with Crippen molar-refractivity contribution in [3.05, 3.63) is 76.1 Å². The summed E-state index contributed by atoms with van der Waals surface area (Å²) < 4.78 is 42.8. The number of alkyl halides is 3. The number of hydrogen-bond donors (Lipinski definition) is 2. The monoisotopic (exact) mass is 388 g/mol. The summed E-state index contributed by atoms with van der Waals surface area (Å²) in [5, 5.41) is 3.90. The van der Waals surface area contributed by atoms with Crippen molar-refractivity contribution in [2.45, 2.75) is 6.18 Å². The van der Waals surface area contributed by atoms with Gasteiger partial charge in [-0.15, -0.1) is 0 Å². The zero-order chi connectivity index (χ0) is 20.1. The van der Waals surface area contributed by atoms with Crippen molar-refractivity contribution in [2.24, 2.45) is 5.10 Å². The van der Waals surface area contributed by atoms with Crippen molar-refractivity contribution in [1.82, 2.24) is 9.97 Å². The van der Waals surface area contributed by atoms with Gasteiger partial charge in [0.25, 0.3) is 5.56 Å². The quantitative estimate of drug-likeness (QED) is 0.513. The highest BCUT2D eigenvalue weighted by Crippen LogP contribution is 2.28. The van der Waals surface area contributed by atoms with Crippen molar-refractivity contribution in [2.75, 3.05) is 12.5 Å². The summed E-state index contributed by atoms with van der Waals surface area (Å²) in [6.07, 6.45) is -3.07. The van der Waals surface area contributed by atoms with Crippen molar-refractivity contribution < 1.29 is 17.9 Å². The average molecular weight is 388 g/mol. The summed E-state index contributed by atoms with van der Waals surface area (Å²) in [6.45, 7) is 0. The van der Waals surface area contributed by atoms with Crippen LogP contribution in [-0.4, -0.2) is 23.3 Å². The van der Waals surface area contributed by atoms with E-state index >= 15 is 0 Å². The number of halogens is 3. The van der Waals surface area contributed by atoms with E-state index in [1.165, 1.54) is 24.4 Å². The normalized spacial score (nSPS) is 11.6. The molecule has 0 unspecified atom stereocenters. The number of aromatic nitrogens is 2. The molecule has 0 fully saturated rings. The van der Waals surface area contributed by atoms with Gasteiger partial charge in [0.05, 0.1) is 24.6 Å². The molecule has 0 radical (unpaired) electrons. The van der Waals surface area contributed by atoms with Gasteiger partial charge in [-0.05, 0) is 42.0 Å². The second kappa shape index (κ2) is 7.95. The van der Waals surface area contributed by atoms with E-state index in [1.54, 1.807) is 31.4 Å². The van der Waals surface area contributed by atoms with Crippen LogP contribution in [0, 0.1) is 0 Å². The van der Waals surface area contributed by atoms with Gasteiger partial charge < -0.3 is 4.74 Å². The Bertz CT molecular complexity index is 1030. The second-order valence-electron chi connectivity index (χ2n) is 5.70. The summed E-state index contributed by atoms with van der Waals surface area (Å²) >= 11 is 0. The number of aromatic amines is 1. The third kappa shape index (κ3) is 4.76. The van der Waals surface area contributed by atoms with E-state index in [0.717, 1.165) is 12.1 Å². The van der Waals surface area contributed by atoms with E-state index in [4.69, 9.17) is 4.74 Å². The number of rotatable bonds is 5. The van der Waals surface area contributed by atoms with E-state index in [-0.39, 0.29) is 11.5 Å². The molecule has 144 valence electrons. The molecule has 28 heavy (non-hydrogen) atoms. The topological polar surface area (TPSA) is 79.4 Å². The smallest absolute Gasteiger partial charge is 0.416 e. The van der Waals surface area contributed by atoms with E-state index < -0.39 is 11.7 Å². The fraction of sp³-hybridized carbons (Fsp3) is 0.105. The maximum absolute atomic E-state index is 12.6. The fourth-order valence-electron chi connectivity index (χ4n) is 2.35. The molecule has 1 aromatic heterocycles. The van der Waals surface area contributed by atoms with Gasteiger partial charge in [-0.25, -0.2) is 10.4 Å². The third-order valence-electron chi connectivity index (χ3n) is 3.75. The molecule has 0 aliphatic carbocycles. The molecule has 0 saturated heterocycles. The maximum Gasteiger partial charge on any atom is 0.416 e. The van der Waals surface area contributed by atoms with Gasteiger partial charge in [-0.3, -0.25) is 9.78 Å². The van der Waals surface area contributed by atoms with Gasteiger partial charge in [-0.2, -0.15) is 18.3 Å². The molecule has 2 N–H and O–H groups in total. The largest absolute Gasteiger partial charge is 0.497 e. The molecule has 0 bridgehead atoms. The minimum absolute atomic E-state index is 0.0986. The van der Waals surface area contributed by atoms with Crippen LogP contribution in [0.15, 0.2) is 64.5 Å². The minimum atomic E-state index is -4.39. The molecule has 0 amide bonds. The Labute approximate surface area is 157 Å². The van der Waals surface area contributed by atoms with Crippen LogP contribution in [0.4, 0.5) is 19.1 Å². The number of H-pyrrole nitrogens is 1. The van der Waals surface area contributed by atoms with Crippen LogP contribution in [0.2, 0.25) is 0 Å². The molecule has 0 atom stereocenters. The molecule has 0 spiro atoms. The van der Waals surface area contributed by atoms with Crippen LogP contribution in [0.5, 0.6) is 5.75 Å². The molecule has 0 aliphatic heterocycles. The summed E-state index contributed by atoms with van der Waals surface area (Å²) in [5.41, 5.74) is 3.04. The van der Waals surface area contributed by atoms with Crippen molar-refractivity contribution in [3.8, 4) is 17.0 Å². The van der Waals surface area contributed by atoms with Gasteiger partial charge in [0.15, 0.2) is 0 Å². The number of benzene rings is 2. The lowest BCUT2D eigenvalue weighted by molar-refractivity contribution is -0.137. The number of hydrazone groups is 1. The van der Waals surface area contributed by atoms with Crippen LogP contribution in [0.1, 0.15) is 11.1 Å². The van der Waals surface area contributed by atoms with Gasteiger partial charge in [0.2, 0.25) is 5.95 Å². The lowest BCUT2D eigenvalue weighted by Gasteiger charge is -2.06. The molecule has 2 aromatic carbocycles. The van der Waals surface area contributed by atoms with Gasteiger partial charge >= 0.3 is 6.18 Å². The lowest BCUT2D eigenvalue weighted by atomic mass is 10.1. The van der Waals surface area contributed by atoms with Crippen molar-refractivity contribution >= 4 is 12.2 Å². The zero-order valence-corrected chi connectivity index (χ0v) is 14.6. The Kier molecular flexibility index (Phi) is 5.44. The molecule has 0 saturated carbocycles. The number of ether oxygens (including phenoxy) is 1. The molecule has 6 nitrogen and oxygen atoms in total. The summed E-state index contributed by atoms with van der Waals surface area (Å²) in [6, 6.07) is 12.9. The van der Waals surface area contributed by atoms with Crippen molar-refractivity contribution in [3.63, 3.8) is 0 Å². The highest BCUT2D eigenvalue weighted by atomic mass is 19.4.